The van der Waals surface area contributed by atoms with Crippen molar-refractivity contribution < 1.29 is 76.5 Å². The van der Waals surface area contributed by atoms with Gasteiger partial charge in [0.1, 0.15) is 30.7 Å². The van der Waals surface area contributed by atoms with E-state index in [-0.39, 0.29) is 37.9 Å². The van der Waals surface area contributed by atoms with E-state index in [1.165, 1.54) is 63.9 Å². The van der Waals surface area contributed by atoms with Crippen LogP contribution in [-0.2, 0) is 46.3 Å². The molecule has 22 heteroatoms. The molecule has 0 bridgehead atoms. The number of nitrogen functional groups attached to an aromatic ring is 1. The number of hydrogen-bond donors (Lipinski definition) is 7. The number of nitrogens with zero attached hydrogens (tertiary/aromatic N) is 2. The molecule has 2 rings (SSSR count). The maximum atomic E-state index is 12.9. The number of aromatic nitrogens is 2. The number of anilines is 1. The van der Waals surface area contributed by atoms with Gasteiger partial charge in [0.05, 0.1) is 25.4 Å². The van der Waals surface area contributed by atoms with Crippen molar-refractivity contribution in [3.05, 3.63) is 59.2 Å². The summed E-state index contributed by atoms with van der Waals surface area (Å²) in [6, 6.07) is 1.23. The Hall–Kier alpha value is -3.10. The maximum Gasteiger partial charge on any atom is 0.481 e. The number of ether oxygens (including phenoxy) is 3. The SMILES string of the molecule is CCCCC/C=C\C/C=C\C/C=C\CC(O)C(O)CCCC(=O)O[C@H](COC(=O)CCCCCCCCCCCCC(C)C)COP(=O)(O)OP(=O)(O)OC[C@H]1O[C@@H](n2ccc(N)nc2=O)[C@H](O)[C@@H]1O. The highest BCUT2D eigenvalue weighted by Gasteiger charge is 2.46. The summed E-state index contributed by atoms with van der Waals surface area (Å²) in [7, 11) is -11.0. The minimum atomic E-state index is -5.50. The van der Waals surface area contributed by atoms with E-state index in [9.17, 15) is 53.7 Å². The molecule has 0 spiro atoms. The number of aliphatic hydroxyl groups is 4. The second kappa shape index (κ2) is 35.9. The van der Waals surface area contributed by atoms with Gasteiger partial charge in [-0.3, -0.25) is 23.2 Å². The fraction of sp³-hybridized carbons (Fsp3) is 0.750. The Bertz CT molecular complexity index is 1860. The van der Waals surface area contributed by atoms with Crippen LogP contribution in [0.3, 0.4) is 0 Å². The smallest absolute Gasteiger partial charge is 0.462 e. The zero-order valence-electron chi connectivity index (χ0n) is 41.5. The summed E-state index contributed by atoms with van der Waals surface area (Å²) in [6.07, 6.45) is 21.2. The molecule has 2 heterocycles. The first kappa shape index (κ1) is 63.0. The van der Waals surface area contributed by atoms with Gasteiger partial charge in [-0.1, -0.05) is 134 Å². The number of phosphoric acid groups is 2. The molecule has 1 aliphatic heterocycles. The lowest BCUT2D eigenvalue weighted by Crippen LogP contribution is -2.36. The van der Waals surface area contributed by atoms with Crippen LogP contribution in [0.2, 0.25) is 0 Å². The lowest BCUT2D eigenvalue weighted by atomic mass is 10.0. The third kappa shape index (κ3) is 28.8. The molecule has 1 aliphatic rings. The molecule has 402 valence electrons. The number of carbonyl (C=O) groups is 2. The molecule has 0 radical (unpaired) electrons. The van der Waals surface area contributed by atoms with E-state index >= 15 is 0 Å². The van der Waals surface area contributed by atoms with Gasteiger partial charge in [-0.05, 0) is 63.4 Å². The molecule has 0 aliphatic carbocycles. The fourth-order valence-electron chi connectivity index (χ4n) is 7.31. The average molecular weight is 1040 g/mol. The van der Waals surface area contributed by atoms with Crippen LogP contribution in [0.15, 0.2) is 53.5 Å². The van der Waals surface area contributed by atoms with Crippen molar-refractivity contribution in [2.75, 3.05) is 25.6 Å². The van der Waals surface area contributed by atoms with Gasteiger partial charge in [0, 0.05) is 19.0 Å². The monoisotopic (exact) mass is 1040 g/mol. The highest BCUT2D eigenvalue weighted by molar-refractivity contribution is 7.61. The normalized spacial score (nSPS) is 20.5. The molecule has 1 aromatic rings. The highest BCUT2D eigenvalue weighted by atomic mass is 31.3. The van der Waals surface area contributed by atoms with Gasteiger partial charge in [0.25, 0.3) is 0 Å². The third-order valence-corrected chi connectivity index (χ3v) is 14.0. The molecular weight excluding hydrogens is 952 g/mol. The largest absolute Gasteiger partial charge is 0.481 e. The predicted octanol–water partition coefficient (Wildman–Crippen LogP) is 7.80. The van der Waals surface area contributed by atoms with Gasteiger partial charge >= 0.3 is 33.3 Å². The number of carbonyl (C=O) groups excluding carboxylic acids is 2. The predicted molar refractivity (Wildman–Crippen MR) is 264 cm³/mol. The van der Waals surface area contributed by atoms with Gasteiger partial charge in [0.2, 0.25) is 0 Å². The van der Waals surface area contributed by atoms with Crippen molar-refractivity contribution in [1.82, 2.24) is 9.55 Å². The number of aliphatic hydroxyl groups excluding tert-OH is 4. The van der Waals surface area contributed by atoms with Gasteiger partial charge < -0.3 is 50.2 Å². The van der Waals surface area contributed by atoms with Crippen molar-refractivity contribution in [1.29, 1.82) is 0 Å². The van der Waals surface area contributed by atoms with Gasteiger partial charge in [-0.15, -0.1) is 0 Å². The van der Waals surface area contributed by atoms with E-state index in [2.05, 4.69) is 48.3 Å². The van der Waals surface area contributed by atoms with Crippen LogP contribution in [0.4, 0.5) is 5.82 Å². The van der Waals surface area contributed by atoms with Crippen molar-refractivity contribution in [3.8, 4) is 0 Å². The zero-order valence-corrected chi connectivity index (χ0v) is 43.2. The van der Waals surface area contributed by atoms with Crippen LogP contribution < -0.4 is 11.4 Å². The topological polar surface area (TPSA) is 306 Å². The van der Waals surface area contributed by atoms with E-state index < -0.39 is 95.9 Å². The van der Waals surface area contributed by atoms with Crippen molar-refractivity contribution in [2.45, 2.75) is 205 Å². The summed E-state index contributed by atoms with van der Waals surface area (Å²) < 4.78 is 56.5. The van der Waals surface area contributed by atoms with E-state index in [0.29, 0.717) is 12.8 Å². The standard InChI is InChI=1S/C48H83N3O17P2/c1-4-5-6-7-8-9-10-11-15-18-21-24-28-39(52)40(53)29-26-31-44(55)66-38(34-63-43(54)30-25-22-19-16-13-12-14-17-20-23-27-37(2)3)35-64-69(59,60)68-70(61,62)65-36-41-45(56)46(57)47(67-41)51-33-32-42(49)50-48(51)58/h8-9,11,15,21,24,32-33,37-41,45-47,52-53,56-57H,4-7,10,12-14,16-20,22-23,25-31,34-36H2,1-3H3,(H,59,60)(H,61,62)(H2,49,50,58)/b9-8-,15-11-,24-21-/t38-,39?,40?,41-,45-,46-,47-/m1/s1. The zero-order chi connectivity index (χ0) is 51.8. The molecule has 4 unspecified atom stereocenters. The van der Waals surface area contributed by atoms with Gasteiger partial charge in [-0.2, -0.15) is 9.29 Å². The van der Waals surface area contributed by atoms with Crippen LogP contribution in [0, 0.1) is 5.92 Å². The van der Waals surface area contributed by atoms with Crippen LogP contribution >= 0.6 is 15.6 Å². The summed E-state index contributed by atoms with van der Waals surface area (Å²) >= 11 is 0. The van der Waals surface area contributed by atoms with E-state index in [0.717, 1.165) is 55.2 Å². The van der Waals surface area contributed by atoms with Crippen LogP contribution in [0.25, 0.3) is 0 Å². The second-order valence-electron chi connectivity index (χ2n) is 18.1. The van der Waals surface area contributed by atoms with E-state index in [1.54, 1.807) is 6.08 Å². The first-order valence-electron chi connectivity index (χ1n) is 25.0. The number of rotatable bonds is 40. The van der Waals surface area contributed by atoms with Crippen molar-refractivity contribution in [3.63, 3.8) is 0 Å². The molecular formula is C48H83N3O17P2. The van der Waals surface area contributed by atoms with Crippen molar-refractivity contribution in [2.24, 2.45) is 5.92 Å². The van der Waals surface area contributed by atoms with Crippen LogP contribution in [-0.4, -0.2) is 108 Å². The number of unbranched alkanes of at least 4 members (excludes halogenated alkanes) is 12. The first-order chi connectivity index (χ1) is 33.3. The van der Waals surface area contributed by atoms with Crippen LogP contribution in [0.1, 0.15) is 168 Å². The number of hydrogen-bond acceptors (Lipinski definition) is 17. The quantitative estimate of drug-likeness (QED) is 0.0143. The molecule has 1 aromatic heterocycles. The molecule has 1 fully saturated rings. The highest BCUT2D eigenvalue weighted by Crippen LogP contribution is 2.60. The lowest BCUT2D eigenvalue weighted by molar-refractivity contribution is -0.161. The molecule has 70 heavy (non-hydrogen) atoms. The fourth-order valence-corrected chi connectivity index (χ4v) is 9.42. The summed E-state index contributed by atoms with van der Waals surface area (Å²) in [5.41, 5.74) is 4.56. The summed E-state index contributed by atoms with van der Waals surface area (Å²) in [6.45, 7) is 4.11. The Morgan fingerprint density at radius 2 is 1.37 bits per heavy atom. The Morgan fingerprint density at radius 1 is 0.771 bits per heavy atom. The molecule has 1 saturated heterocycles. The lowest BCUT2D eigenvalue weighted by Gasteiger charge is -2.22. The van der Waals surface area contributed by atoms with Crippen molar-refractivity contribution >= 4 is 33.4 Å². The van der Waals surface area contributed by atoms with Crippen LogP contribution in [0.5, 0.6) is 0 Å². The molecule has 0 saturated carbocycles. The molecule has 0 aromatic carbocycles. The van der Waals surface area contributed by atoms with E-state index in [4.69, 9.17) is 29.0 Å². The second-order valence-corrected chi connectivity index (χ2v) is 21.1. The minimum absolute atomic E-state index is 0.0360. The number of allylic oxidation sites excluding steroid dienone is 5. The van der Waals surface area contributed by atoms with E-state index in [1.807, 2.05) is 12.2 Å². The Morgan fingerprint density at radius 3 is 2.01 bits per heavy atom. The molecule has 9 atom stereocenters. The first-order valence-corrected chi connectivity index (χ1v) is 28.0. The number of esters is 2. The minimum Gasteiger partial charge on any atom is -0.462 e. The Kier molecular flexibility index (Phi) is 32.3. The summed E-state index contributed by atoms with van der Waals surface area (Å²) in [5, 5.41) is 41.8. The molecule has 8 N–H and O–H groups in total. The average Bonchev–Trinajstić information content (AvgIpc) is 3.58. The van der Waals surface area contributed by atoms with Gasteiger partial charge in [-0.25, -0.2) is 13.9 Å². The summed E-state index contributed by atoms with van der Waals surface area (Å²) in [4.78, 5) is 61.9. The van der Waals surface area contributed by atoms with Gasteiger partial charge in [0.15, 0.2) is 12.3 Å². The maximum absolute atomic E-state index is 12.9. The Labute approximate surface area is 413 Å². The molecule has 0 amide bonds. The number of nitrogens with two attached hydrogens (primary N) is 1. The third-order valence-electron chi connectivity index (χ3n) is 11.4. The molecule has 20 nitrogen and oxygen atoms in total. The Balaban J connectivity index is 1.88. The summed E-state index contributed by atoms with van der Waals surface area (Å²) in [5.74, 6) is -0.858. The number of phosphoric ester groups is 2.